The number of aryl methyl sites for hydroxylation is 2. The van der Waals surface area contributed by atoms with Crippen molar-refractivity contribution >= 4 is 5.97 Å². The number of carboxylic acid groups (broad SMARTS) is 1. The van der Waals surface area contributed by atoms with Crippen molar-refractivity contribution in [2.24, 2.45) is 0 Å². The zero-order chi connectivity index (χ0) is 19.9. The van der Waals surface area contributed by atoms with Crippen LogP contribution in [0.5, 0.6) is 0 Å². The van der Waals surface area contributed by atoms with E-state index in [1.807, 2.05) is 18.2 Å². The minimum absolute atomic E-state index is 0.156. The van der Waals surface area contributed by atoms with E-state index in [0.717, 1.165) is 36.9 Å². The Bertz CT molecular complexity index is 925. The minimum atomic E-state index is -0.756. The largest absolute Gasteiger partial charge is 0.481 e. The SMILES string of the molecule is CCCCc1c(CC)cc(-c2ccccc2)n1-c1cccc(CCC(=O)O)c1. The molecule has 0 atom stereocenters. The Morgan fingerprint density at radius 2 is 1.75 bits per heavy atom. The third kappa shape index (κ3) is 4.53. The van der Waals surface area contributed by atoms with Gasteiger partial charge in [-0.05, 0) is 60.6 Å². The van der Waals surface area contributed by atoms with E-state index in [9.17, 15) is 4.79 Å². The maximum atomic E-state index is 11.0. The van der Waals surface area contributed by atoms with Crippen LogP contribution in [0.25, 0.3) is 16.9 Å². The van der Waals surface area contributed by atoms with Crippen molar-refractivity contribution < 1.29 is 9.90 Å². The number of hydrogen-bond acceptors (Lipinski definition) is 1. The molecule has 0 aliphatic carbocycles. The summed E-state index contributed by atoms with van der Waals surface area (Å²) in [6, 6.07) is 21.2. The zero-order valence-corrected chi connectivity index (χ0v) is 16.8. The average molecular weight is 376 g/mol. The van der Waals surface area contributed by atoms with Gasteiger partial charge in [0.2, 0.25) is 0 Å². The Balaban J connectivity index is 2.13. The van der Waals surface area contributed by atoms with Crippen LogP contribution in [0, 0.1) is 0 Å². The summed E-state index contributed by atoms with van der Waals surface area (Å²) < 4.78 is 2.38. The highest BCUT2D eigenvalue weighted by Crippen LogP contribution is 2.31. The standard InChI is InChI=1S/C25H29NO2/c1-3-5-14-23-20(4-2)18-24(21-11-7-6-8-12-21)26(23)22-13-9-10-19(17-22)15-16-25(27)28/h6-13,17-18H,3-5,14-16H2,1-2H3,(H,27,28). The molecule has 0 aliphatic rings. The van der Waals surface area contributed by atoms with E-state index in [4.69, 9.17) is 5.11 Å². The van der Waals surface area contributed by atoms with Crippen LogP contribution in [0.15, 0.2) is 60.7 Å². The second-order valence-corrected chi connectivity index (χ2v) is 7.22. The number of aliphatic carboxylic acids is 1. The molecule has 0 amide bonds. The number of rotatable bonds is 9. The predicted molar refractivity (Wildman–Crippen MR) is 115 cm³/mol. The highest BCUT2D eigenvalue weighted by molar-refractivity contribution is 5.68. The zero-order valence-electron chi connectivity index (χ0n) is 16.8. The molecular weight excluding hydrogens is 346 g/mol. The van der Waals surface area contributed by atoms with E-state index in [2.05, 4.69) is 60.9 Å². The first-order valence-corrected chi connectivity index (χ1v) is 10.2. The van der Waals surface area contributed by atoms with Crippen LogP contribution < -0.4 is 0 Å². The van der Waals surface area contributed by atoms with Crippen molar-refractivity contribution in [3.8, 4) is 16.9 Å². The molecule has 0 saturated heterocycles. The Morgan fingerprint density at radius 3 is 2.43 bits per heavy atom. The van der Waals surface area contributed by atoms with Crippen molar-refractivity contribution in [1.82, 2.24) is 4.57 Å². The van der Waals surface area contributed by atoms with Gasteiger partial charge in [0.1, 0.15) is 0 Å². The molecule has 28 heavy (non-hydrogen) atoms. The Morgan fingerprint density at radius 1 is 0.964 bits per heavy atom. The van der Waals surface area contributed by atoms with Gasteiger partial charge in [0.25, 0.3) is 0 Å². The van der Waals surface area contributed by atoms with E-state index in [-0.39, 0.29) is 6.42 Å². The summed E-state index contributed by atoms with van der Waals surface area (Å²) in [5, 5.41) is 9.03. The normalized spacial score (nSPS) is 10.9. The molecule has 3 heteroatoms. The van der Waals surface area contributed by atoms with Crippen molar-refractivity contribution in [1.29, 1.82) is 0 Å². The second-order valence-electron chi connectivity index (χ2n) is 7.22. The summed E-state index contributed by atoms with van der Waals surface area (Å²) in [7, 11) is 0. The van der Waals surface area contributed by atoms with Gasteiger partial charge in [-0.15, -0.1) is 0 Å². The average Bonchev–Trinajstić information content (AvgIpc) is 3.10. The van der Waals surface area contributed by atoms with Crippen LogP contribution in [0.3, 0.4) is 0 Å². The van der Waals surface area contributed by atoms with E-state index < -0.39 is 5.97 Å². The first-order chi connectivity index (χ1) is 13.6. The number of hydrogen-bond donors (Lipinski definition) is 1. The molecule has 1 heterocycles. The first kappa shape index (κ1) is 19.9. The van der Waals surface area contributed by atoms with Crippen LogP contribution in [-0.2, 0) is 24.1 Å². The fourth-order valence-corrected chi connectivity index (χ4v) is 3.74. The van der Waals surface area contributed by atoms with Crippen molar-refractivity contribution in [3.63, 3.8) is 0 Å². The molecule has 0 saturated carbocycles. The Labute approximate surface area is 167 Å². The van der Waals surface area contributed by atoms with Crippen LogP contribution in [-0.4, -0.2) is 15.6 Å². The van der Waals surface area contributed by atoms with Gasteiger partial charge in [0.15, 0.2) is 0 Å². The number of unbranched alkanes of at least 4 members (excludes halogenated alkanes) is 1. The smallest absolute Gasteiger partial charge is 0.303 e. The van der Waals surface area contributed by atoms with Gasteiger partial charge < -0.3 is 9.67 Å². The lowest BCUT2D eigenvalue weighted by atomic mass is 10.1. The Hall–Kier alpha value is -2.81. The Kier molecular flexibility index (Phi) is 6.70. The predicted octanol–water partition coefficient (Wildman–Crippen LogP) is 6.07. The molecule has 3 rings (SSSR count). The topological polar surface area (TPSA) is 42.2 Å². The lowest BCUT2D eigenvalue weighted by Gasteiger charge is -2.16. The highest BCUT2D eigenvalue weighted by Gasteiger charge is 2.17. The molecule has 0 spiro atoms. The highest BCUT2D eigenvalue weighted by atomic mass is 16.4. The summed E-state index contributed by atoms with van der Waals surface area (Å²) in [4.78, 5) is 11.0. The first-order valence-electron chi connectivity index (χ1n) is 10.2. The number of carboxylic acids is 1. The number of aromatic nitrogens is 1. The van der Waals surface area contributed by atoms with E-state index in [1.54, 1.807) is 0 Å². The van der Waals surface area contributed by atoms with Crippen molar-refractivity contribution in [2.45, 2.75) is 52.4 Å². The molecule has 0 unspecified atom stereocenters. The summed E-state index contributed by atoms with van der Waals surface area (Å²) in [6.07, 6.45) is 5.08. The van der Waals surface area contributed by atoms with Crippen LogP contribution >= 0.6 is 0 Å². The fraction of sp³-hybridized carbons (Fsp3) is 0.320. The van der Waals surface area contributed by atoms with Gasteiger partial charge in [0.05, 0.1) is 5.69 Å². The maximum absolute atomic E-state index is 11.0. The van der Waals surface area contributed by atoms with Gasteiger partial charge in [-0.2, -0.15) is 0 Å². The summed E-state index contributed by atoms with van der Waals surface area (Å²) in [5.74, 6) is -0.756. The van der Waals surface area contributed by atoms with Crippen LogP contribution in [0.4, 0.5) is 0 Å². The monoisotopic (exact) mass is 375 g/mol. The fourth-order valence-electron chi connectivity index (χ4n) is 3.74. The van der Waals surface area contributed by atoms with Gasteiger partial charge in [0, 0.05) is 17.8 Å². The van der Waals surface area contributed by atoms with Gasteiger partial charge >= 0.3 is 5.97 Å². The minimum Gasteiger partial charge on any atom is -0.481 e. The molecular formula is C25H29NO2. The van der Waals surface area contributed by atoms with Gasteiger partial charge in [-0.25, -0.2) is 0 Å². The summed E-state index contributed by atoms with van der Waals surface area (Å²) in [5.41, 5.74) is 7.36. The number of carbonyl (C=O) groups is 1. The van der Waals surface area contributed by atoms with Crippen LogP contribution in [0.2, 0.25) is 0 Å². The third-order valence-electron chi connectivity index (χ3n) is 5.21. The summed E-state index contributed by atoms with van der Waals surface area (Å²) >= 11 is 0. The van der Waals surface area contributed by atoms with Gasteiger partial charge in [-0.3, -0.25) is 4.79 Å². The van der Waals surface area contributed by atoms with Gasteiger partial charge in [-0.1, -0.05) is 62.7 Å². The molecule has 0 fully saturated rings. The van der Waals surface area contributed by atoms with E-state index in [1.165, 1.54) is 22.5 Å². The number of benzene rings is 2. The molecule has 3 aromatic rings. The molecule has 2 aromatic carbocycles. The lowest BCUT2D eigenvalue weighted by molar-refractivity contribution is -0.136. The third-order valence-corrected chi connectivity index (χ3v) is 5.21. The molecule has 0 aliphatic heterocycles. The molecule has 146 valence electrons. The molecule has 3 nitrogen and oxygen atoms in total. The summed E-state index contributed by atoms with van der Waals surface area (Å²) in [6.45, 7) is 4.44. The quantitative estimate of drug-likeness (QED) is 0.493. The molecule has 1 aromatic heterocycles. The van der Waals surface area contributed by atoms with Crippen molar-refractivity contribution in [3.05, 3.63) is 77.5 Å². The van der Waals surface area contributed by atoms with Crippen molar-refractivity contribution in [2.75, 3.05) is 0 Å². The second kappa shape index (κ2) is 9.41. The van der Waals surface area contributed by atoms with E-state index >= 15 is 0 Å². The van der Waals surface area contributed by atoms with E-state index in [0.29, 0.717) is 6.42 Å². The van der Waals surface area contributed by atoms with Crippen LogP contribution in [0.1, 0.15) is 49.9 Å². The maximum Gasteiger partial charge on any atom is 0.303 e. The number of nitrogens with zero attached hydrogens (tertiary/aromatic N) is 1. The molecule has 0 bridgehead atoms. The molecule has 1 N–H and O–H groups in total. The molecule has 0 radical (unpaired) electrons. The lowest BCUT2D eigenvalue weighted by Crippen LogP contribution is -2.05.